The molecular weight excluding hydrogens is 382 g/mol. The van der Waals surface area contributed by atoms with Crippen molar-refractivity contribution in [3.8, 4) is 10.6 Å². The highest BCUT2D eigenvalue weighted by atomic mass is 32.1. The topological polar surface area (TPSA) is 62.3 Å². The minimum Gasteiger partial charge on any atom is -0.349 e. The number of hydrogen-bond donors (Lipinski definition) is 1. The predicted molar refractivity (Wildman–Crippen MR) is 115 cm³/mol. The SMILES string of the molecule is O=C(NC1CCN(C(=O)Cc2csc(-c3ccccc3)n2)CC1)c1ccccc1. The molecule has 2 aromatic carbocycles. The Hall–Kier alpha value is -2.99. The Morgan fingerprint density at radius 2 is 1.66 bits per heavy atom. The van der Waals surface area contributed by atoms with Crippen molar-refractivity contribution in [2.24, 2.45) is 0 Å². The van der Waals surface area contributed by atoms with Gasteiger partial charge < -0.3 is 10.2 Å². The Kier molecular flexibility index (Phi) is 6.00. The van der Waals surface area contributed by atoms with Gasteiger partial charge in [-0.3, -0.25) is 9.59 Å². The molecular formula is C23H23N3O2S. The summed E-state index contributed by atoms with van der Waals surface area (Å²) in [5.74, 6) is 0.0500. The number of aromatic nitrogens is 1. The summed E-state index contributed by atoms with van der Waals surface area (Å²) in [7, 11) is 0. The molecule has 1 aliphatic heterocycles. The van der Waals surface area contributed by atoms with E-state index < -0.39 is 0 Å². The zero-order valence-electron chi connectivity index (χ0n) is 16.1. The third kappa shape index (κ3) is 4.90. The third-order valence-electron chi connectivity index (χ3n) is 5.12. The average molecular weight is 406 g/mol. The van der Waals surface area contributed by atoms with Gasteiger partial charge in [0.25, 0.3) is 5.91 Å². The largest absolute Gasteiger partial charge is 0.349 e. The number of thiazole rings is 1. The summed E-state index contributed by atoms with van der Waals surface area (Å²) >= 11 is 1.57. The van der Waals surface area contributed by atoms with E-state index in [1.807, 2.05) is 70.9 Å². The van der Waals surface area contributed by atoms with Crippen LogP contribution in [0.5, 0.6) is 0 Å². The summed E-state index contributed by atoms with van der Waals surface area (Å²) in [5.41, 5.74) is 2.56. The van der Waals surface area contributed by atoms with E-state index in [9.17, 15) is 9.59 Å². The van der Waals surface area contributed by atoms with E-state index in [2.05, 4.69) is 10.3 Å². The maximum absolute atomic E-state index is 12.7. The van der Waals surface area contributed by atoms with Gasteiger partial charge >= 0.3 is 0 Å². The van der Waals surface area contributed by atoms with Crippen LogP contribution in [-0.2, 0) is 11.2 Å². The Labute approximate surface area is 174 Å². The zero-order valence-corrected chi connectivity index (χ0v) is 16.9. The molecule has 2 heterocycles. The lowest BCUT2D eigenvalue weighted by Gasteiger charge is -2.32. The number of benzene rings is 2. The molecule has 1 fully saturated rings. The van der Waals surface area contributed by atoms with Crippen LogP contribution in [0.3, 0.4) is 0 Å². The normalized spacial score (nSPS) is 14.6. The zero-order chi connectivity index (χ0) is 20.1. The van der Waals surface area contributed by atoms with Crippen molar-refractivity contribution in [2.45, 2.75) is 25.3 Å². The van der Waals surface area contributed by atoms with Crippen molar-refractivity contribution >= 4 is 23.2 Å². The fraction of sp³-hybridized carbons (Fsp3) is 0.261. The molecule has 0 unspecified atom stereocenters. The average Bonchev–Trinajstić information content (AvgIpc) is 3.24. The van der Waals surface area contributed by atoms with Crippen LogP contribution in [0.15, 0.2) is 66.0 Å². The maximum Gasteiger partial charge on any atom is 0.251 e. The van der Waals surface area contributed by atoms with Crippen molar-refractivity contribution in [1.29, 1.82) is 0 Å². The van der Waals surface area contributed by atoms with Gasteiger partial charge in [-0.15, -0.1) is 11.3 Å². The molecule has 0 bridgehead atoms. The van der Waals surface area contributed by atoms with Crippen molar-refractivity contribution < 1.29 is 9.59 Å². The first kappa shape index (κ1) is 19.3. The summed E-state index contributed by atoms with van der Waals surface area (Å²) in [6, 6.07) is 19.4. The number of piperidine rings is 1. The summed E-state index contributed by atoms with van der Waals surface area (Å²) in [6.07, 6.45) is 1.87. The minimum atomic E-state index is -0.0497. The fourth-order valence-electron chi connectivity index (χ4n) is 3.50. The van der Waals surface area contributed by atoms with Gasteiger partial charge in [0.2, 0.25) is 5.91 Å². The summed E-state index contributed by atoms with van der Waals surface area (Å²) < 4.78 is 0. The number of nitrogens with one attached hydrogen (secondary N) is 1. The summed E-state index contributed by atoms with van der Waals surface area (Å²) in [5, 5.41) is 5.98. The van der Waals surface area contributed by atoms with Crippen LogP contribution in [0, 0.1) is 0 Å². The lowest BCUT2D eigenvalue weighted by atomic mass is 10.0. The van der Waals surface area contributed by atoms with Crippen LogP contribution in [0.2, 0.25) is 0 Å². The van der Waals surface area contributed by atoms with E-state index in [0.717, 1.165) is 29.1 Å². The molecule has 2 amide bonds. The van der Waals surface area contributed by atoms with Crippen molar-refractivity contribution in [3.05, 3.63) is 77.3 Å². The highest BCUT2D eigenvalue weighted by molar-refractivity contribution is 7.13. The van der Waals surface area contributed by atoms with Crippen LogP contribution in [0.1, 0.15) is 28.9 Å². The molecule has 6 heteroatoms. The number of carbonyl (C=O) groups is 2. The van der Waals surface area contributed by atoms with Crippen LogP contribution in [0.4, 0.5) is 0 Å². The first-order valence-corrected chi connectivity index (χ1v) is 10.7. The highest BCUT2D eigenvalue weighted by Crippen LogP contribution is 2.24. The third-order valence-corrected chi connectivity index (χ3v) is 6.06. The van der Waals surface area contributed by atoms with E-state index >= 15 is 0 Å². The molecule has 0 atom stereocenters. The van der Waals surface area contributed by atoms with Crippen LogP contribution in [0.25, 0.3) is 10.6 Å². The predicted octanol–water partition coefficient (Wildman–Crippen LogP) is 3.77. The standard InChI is InChI=1S/C23H23N3O2S/c27-21(15-20-16-29-23(25-20)18-9-5-2-6-10-18)26-13-11-19(12-14-26)24-22(28)17-7-3-1-4-8-17/h1-10,16,19H,11-15H2,(H,24,28). The Morgan fingerprint density at radius 1 is 1.00 bits per heavy atom. The number of likely N-dealkylation sites (tertiary alicyclic amines) is 1. The molecule has 29 heavy (non-hydrogen) atoms. The van der Waals surface area contributed by atoms with Crippen LogP contribution >= 0.6 is 11.3 Å². The molecule has 1 saturated heterocycles. The first-order valence-electron chi connectivity index (χ1n) is 9.82. The van der Waals surface area contributed by atoms with Gasteiger partial charge in [-0.1, -0.05) is 48.5 Å². The molecule has 1 aliphatic rings. The van der Waals surface area contributed by atoms with E-state index in [4.69, 9.17) is 0 Å². The van der Waals surface area contributed by atoms with Gasteiger partial charge in [-0.2, -0.15) is 0 Å². The molecule has 0 aliphatic carbocycles. The Morgan fingerprint density at radius 3 is 2.34 bits per heavy atom. The van der Waals surface area contributed by atoms with Crippen LogP contribution < -0.4 is 5.32 Å². The number of nitrogens with zero attached hydrogens (tertiary/aromatic N) is 2. The van der Waals surface area contributed by atoms with Gasteiger partial charge in [0, 0.05) is 35.6 Å². The monoisotopic (exact) mass is 405 g/mol. The van der Waals surface area contributed by atoms with Crippen molar-refractivity contribution in [1.82, 2.24) is 15.2 Å². The second kappa shape index (κ2) is 9.01. The molecule has 4 rings (SSSR count). The first-order chi connectivity index (χ1) is 14.2. The van der Waals surface area contributed by atoms with Gasteiger partial charge in [-0.05, 0) is 25.0 Å². The second-order valence-corrected chi connectivity index (χ2v) is 8.04. The molecule has 5 nitrogen and oxygen atoms in total. The van der Waals surface area contributed by atoms with E-state index in [-0.39, 0.29) is 17.9 Å². The van der Waals surface area contributed by atoms with Gasteiger partial charge in [0.05, 0.1) is 12.1 Å². The minimum absolute atomic E-state index is 0.0497. The molecule has 148 valence electrons. The lowest BCUT2D eigenvalue weighted by Crippen LogP contribution is -2.47. The van der Waals surface area contributed by atoms with E-state index in [0.29, 0.717) is 25.1 Å². The smallest absolute Gasteiger partial charge is 0.251 e. The van der Waals surface area contributed by atoms with Gasteiger partial charge in [-0.25, -0.2) is 4.98 Å². The molecule has 0 radical (unpaired) electrons. The number of rotatable bonds is 5. The van der Waals surface area contributed by atoms with Crippen LogP contribution in [-0.4, -0.2) is 40.8 Å². The fourth-order valence-corrected chi connectivity index (χ4v) is 4.33. The number of amides is 2. The Balaban J connectivity index is 1.27. The molecule has 3 aromatic rings. The summed E-state index contributed by atoms with van der Waals surface area (Å²) in [4.78, 5) is 31.5. The Bertz CT molecular complexity index is 964. The quantitative estimate of drug-likeness (QED) is 0.703. The highest BCUT2D eigenvalue weighted by Gasteiger charge is 2.24. The van der Waals surface area contributed by atoms with Gasteiger partial charge in [0.1, 0.15) is 5.01 Å². The van der Waals surface area contributed by atoms with Crippen molar-refractivity contribution in [3.63, 3.8) is 0 Å². The van der Waals surface area contributed by atoms with Crippen molar-refractivity contribution in [2.75, 3.05) is 13.1 Å². The summed E-state index contributed by atoms with van der Waals surface area (Å²) in [6.45, 7) is 1.32. The van der Waals surface area contributed by atoms with Gasteiger partial charge in [0.15, 0.2) is 0 Å². The number of carbonyl (C=O) groups excluding carboxylic acids is 2. The second-order valence-electron chi connectivity index (χ2n) is 7.18. The lowest BCUT2D eigenvalue weighted by molar-refractivity contribution is -0.131. The van der Waals surface area contributed by atoms with E-state index in [1.54, 1.807) is 11.3 Å². The molecule has 1 aromatic heterocycles. The molecule has 0 spiro atoms. The maximum atomic E-state index is 12.7. The molecule has 1 N–H and O–H groups in total. The van der Waals surface area contributed by atoms with E-state index in [1.165, 1.54) is 0 Å². The number of hydrogen-bond acceptors (Lipinski definition) is 4. The molecule has 0 saturated carbocycles.